The zero-order valence-corrected chi connectivity index (χ0v) is 9.10. The quantitative estimate of drug-likeness (QED) is 0.717. The van der Waals surface area contributed by atoms with E-state index in [1.165, 1.54) is 16.8 Å². The predicted octanol–water partition coefficient (Wildman–Crippen LogP) is 1.13. The molecule has 0 saturated carbocycles. The van der Waals surface area contributed by atoms with Crippen molar-refractivity contribution in [2.75, 3.05) is 11.4 Å². The smallest absolute Gasteiger partial charge is 0.136 e. The number of nitrogens with zero attached hydrogens (tertiary/aromatic N) is 1. The molecule has 0 bridgehead atoms. The van der Waals surface area contributed by atoms with Crippen LogP contribution in [0.4, 0.5) is 5.69 Å². The molecule has 16 heavy (non-hydrogen) atoms. The number of aliphatic hydroxyl groups is 1. The third-order valence-electron chi connectivity index (χ3n) is 3.67. The Morgan fingerprint density at radius 2 is 2.19 bits per heavy atom. The highest BCUT2D eigenvalue weighted by atomic mass is 16.3. The molecule has 0 radical (unpaired) electrons. The summed E-state index contributed by atoms with van der Waals surface area (Å²) in [5, 5.41) is 10.1. The van der Waals surface area contributed by atoms with Crippen molar-refractivity contribution >= 4 is 12.0 Å². The van der Waals surface area contributed by atoms with Crippen molar-refractivity contribution in [2.24, 2.45) is 5.92 Å². The SMILES string of the molecule is O=C[C@@H]1Cc2cccc3c2N(CCC3)[C@@H]1O. The van der Waals surface area contributed by atoms with E-state index in [1.54, 1.807) is 0 Å². The summed E-state index contributed by atoms with van der Waals surface area (Å²) >= 11 is 0. The molecule has 0 unspecified atom stereocenters. The van der Waals surface area contributed by atoms with Crippen molar-refractivity contribution in [3.63, 3.8) is 0 Å². The number of para-hydroxylation sites is 1. The summed E-state index contributed by atoms with van der Waals surface area (Å²) in [5.41, 5.74) is 3.70. The Kier molecular flexibility index (Phi) is 2.21. The number of carbonyl (C=O) groups excluding carboxylic acids is 1. The zero-order chi connectivity index (χ0) is 11.1. The minimum absolute atomic E-state index is 0.277. The van der Waals surface area contributed by atoms with E-state index in [1.807, 2.05) is 4.90 Å². The Morgan fingerprint density at radius 3 is 3.00 bits per heavy atom. The summed E-state index contributed by atoms with van der Waals surface area (Å²) in [7, 11) is 0. The molecule has 2 aliphatic heterocycles. The second kappa shape index (κ2) is 3.59. The lowest BCUT2D eigenvalue weighted by atomic mass is 9.86. The highest BCUT2D eigenvalue weighted by Crippen LogP contribution is 2.38. The molecule has 0 spiro atoms. The fraction of sp³-hybridized carbons (Fsp3) is 0.462. The van der Waals surface area contributed by atoms with Crippen LogP contribution < -0.4 is 4.90 Å². The van der Waals surface area contributed by atoms with Crippen molar-refractivity contribution in [2.45, 2.75) is 25.5 Å². The third-order valence-corrected chi connectivity index (χ3v) is 3.67. The van der Waals surface area contributed by atoms with Crippen LogP contribution >= 0.6 is 0 Å². The van der Waals surface area contributed by atoms with Crippen LogP contribution in [0.3, 0.4) is 0 Å². The molecule has 2 heterocycles. The van der Waals surface area contributed by atoms with Gasteiger partial charge in [-0.3, -0.25) is 0 Å². The lowest BCUT2D eigenvalue weighted by molar-refractivity contribution is -0.114. The van der Waals surface area contributed by atoms with E-state index in [9.17, 15) is 9.90 Å². The highest BCUT2D eigenvalue weighted by Gasteiger charge is 2.35. The monoisotopic (exact) mass is 217 g/mol. The molecule has 0 fully saturated rings. The predicted molar refractivity (Wildman–Crippen MR) is 61.4 cm³/mol. The average Bonchev–Trinajstić information content (AvgIpc) is 2.33. The van der Waals surface area contributed by atoms with Gasteiger partial charge in [-0.25, -0.2) is 0 Å². The summed E-state index contributed by atoms with van der Waals surface area (Å²) in [6, 6.07) is 6.25. The summed E-state index contributed by atoms with van der Waals surface area (Å²) in [5.74, 6) is -0.277. The molecule has 0 aromatic heterocycles. The maximum atomic E-state index is 11.0. The normalized spacial score (nSPS) is 27.4. The van der Waals surface area contributed by atoms with E-state index in [0.29, 0.717) is 6.42 Å². The van der Waals surface area contributed by atoms with Crippen molar-refractivity contribution in [1.29, 1.82) is 0 Å². The number of rotatable bonds is 1. The van der Waals surface area contributed by atoms with Crippen LogP contribution in [-0.2, 0) is 17.6 Å². The van der Waals surface area contributed by atoms with Gasteiger partial charge in [0.05, 0.1) is 5.92 Å². The van der Waals surface area contributed by atoms with Crippen molar-refractivity contribution in [1.82, 2.24) is 0 Å². The van der Waals surface area contributed by atoms with Gasteiger partial charge in [-0.1, -0.05) is 18.2 Å². The second-order valence-corrected chi connectivity index (χ2v) is 4.64. The molecule has 84 valence electrons. The standard InChI is InChI=1S/C13H15NO2/c15-8-11-7-10-4-1-3-9-5-2-6-14(12(9)10)13(11)16/h1,3-4,8,11,13,16H,2,5-7H2/t11-,13+/m0/s1. The molecule has 0 amide bonds. The molecule has 2 atom stereocenters. The number of aliphatic hydroxyl groups excluding tert-OH is 1. The van der Waals surface area contributed by atoms with Crippen molar-refractivity contribution in [3.8, 4) is 0 Å². The minimum Gasteiger partial charge on any atom is -0.373 e. The first-order valence-electron chi connectivity index (χ1n) is 5.82. The minimum atomic E-state index is -0.633. The van der Waals surface area contributed by atoms with Gasteiger partial charge in [-0.2, -0.15) is 0 Å². The van der Waals surface area contributed by atoms with E-state index < -0.39 is 6.23 Å². The molecule has 3 nitrogen and oxygen atoms in total. The van der Waals surface area contributed by atoms with Gasteiger partial charge >= 0.3 is 0 Å². The molecule has 1 aromatic carbocycles. The molecule has 3 heteroatoms. The first kappa shape index (κ1) is 9.85. The van der Waals surface area contributed by atoms with Gasteiger partial charge < -0.3 is 14.8 Å². The van der Waals surface area contributed by atoms with E-state index in [0.717, 1.165) is 25.7 Å². The van der Waals surface area contributed by atoms with Gasteiger partial charge in [-0.05, 0) is 30.4 Å². The summed E-state index contributed by atoms with van der Waals surface area (Å²) < 4.78 is 0. The van der Waals surface area contributed by atoms with Crippen LogP contribution in [0.25, 0.3) is 0 Å². The highest BCUT2D eigenvalue weighted by molar-refractivity contribution is 5.68. The van der Waals surface area contributed by atoms with E-state index in [-0.39, 0.29) is 5.92 Å². The lowest BCUT2D eigenvalue weighted by Crippen LogP contribution is -2.48. The van der Waals surface area contributed by atoms with Crippen molar-refractivity contribution in [3.05, 3.63) is 29.3 Å². The second-order valence-electron chi connectivity index (χ2n) is 4.64. The van der Waals surface area contributed by atoms with Gasteiger partial charge in [0, 0.05) is 12.2 Å². The molecule has 1 N–H and O–H groups in total. The maximum Gasteiger partial charge on any atom is 0.136 e. The fourth-order valence-corrected chi connectivity index (χ4v) is 2.90. The first-order chi connectivity index (χ1) is 7.81. The number of aldehydes is 1. The molecule has 2 aliphatic rings. The molecular formula is C13H15NO2. The maximum absolute atomic E-state index is 11.0. The van der Waals surface area contributed by atoms with Gasteiger partial charge in [-0.15, -0.1) is 0 Å². The number of hydrogen-bond donors (Lipinski definition) is 1. The van der Waals surface area contributed by atoms with Gasteiger partial charge in [0.25, 0.3) is 0 Å². The van der Waals surface area contributed by atoms with E-state index in [2.05, 4.69) is 18.2 Å². The molecule has 1 aromatic rings. The van der Waals surface area contributed by atoms with Crippen LogP contribution in [0.2, 0.25) is 0 Å². The average molecular weight is 217 g/mol. The van der Waals surface area contributed by atoms with Crippen molar-refractivity contribution < 1.29 is 9.90 Å². The van der Waals surface area contributed by atoms with Gasteiger partial charge in [0.15, 0.2) is 0 Å². The van der Waals surface area contributed by atoms with Crippen LogP contribution in [0, 0.1) is 5.92 Å². The van der Waals surface area contributed by atoms with Crippen LogP contribution in [0.1, 0.15) is 17.5 Å². The lowest BCUT2D eigenvalue weighted by Gasteiger charge is -2.42. The fourth-order valence-electron chi connectivity index (χ4n) is 2.90. The Balaban J connectivity index is 2.13. The Morgan fingerprint density at radius 1 is 1.38 bits per heavy atom. The summed E-state index contributed by atoms with van der Waals surface area (Å²) in [4.78, 5) is 13.0. The molecule has 0 aliphatic carbocycles. The summed E-state index contributed by atoms with van der Waals surface area (Å²) in [6.07, 6.45) is 3.06. The van der Waals surface area contributed by atoms with Crippen LogP contribution in [-0.4, -0.2) is 24.2 Å². The van der Waals surface area contributed by atoms with Gasteiger partial charge in [0.1, 0.15) is 12.5 Å². The molecule has 0 saturated heterocycles. The number of aryl methyl sites for hydroxylation is 1. The topological polar surface area (TPSA) is 40.5 Å². The Hall–Kier alpha value is -1.35. The molecular weight excluding hydrogens is 202 g/mol. The summed E-state index contributed by atoms with van der Waals surface area (Å²) in [6.45, 7) is 0.857. The van der Waals surface area contributed by atoms with Crippen LogP contribution in [0.5, 0.6) is 0 Å². The largest absolute Gasteiger partial charge is 0.373 e. The third kappa shape index (κ3) is 1.28. The number of hydrogen-bond acceptors (Lipinski definition) is 3. The Labute approximate surface area is 94.7 Å². The van der Waals surface area contributed by atoms with Gasteiger partial charge in [0.2, 0.25) is 0 Å². The van der Waals surface area contributed by atoms with E-state index in [4.69, 9.17) is 0 Å². The van der Waals surface area contributed by atoms with Crippen LogP contribution in [0.15, 0.2) is 18.2 Å². The number of carbonyl (C=O) groups is 1. The number of benzene rings is 1. The van der Waals surface area contributed by atoms with E-state index >= 15 is 0 Å². The first-order valence-corrected chi connectivity index (χ1v) is 5.82. The Bertz CT molecular complexity index is 430. The molecule has 3 rings (SSSR count). The number of anilines is 1. The zero-order valence-electron chi connectivity index (χ0n) is 9.10.